The zero-order valence-electron chi connectivity index (χ0n) is 13.7. The molecule has 1 amide bonds. The Kier molecular flexibility index (Phi) is 5.40. The van der Waals surface area contributed by atoms with E-state index in [1.807, 2.05) is 31.2 Å². The van der Waals surface area contributed by atoms with Gasteiger partial charge in [-0.25, -0.2) is 9.37 Å². The molecule has 0 spiro atoms. The predicted octanol–water partition coefficient (Wildman–Crippen LogP) is 4.20. The summed E-state index contributed by atoms with van der Waals surface area (Å²) in [5.41, 5.74) is 2.06. The van der Waals surface area contributed by atoms with Crippen molar-refractivity contribution in [2.45, 2.75) is 13.3 Å². The number of anilines is 1. The molecule has 1 N–H and O–H groups in total. The number of rotatable bonds is 6. The first kappa shape index (κ1) is 17.1. The van der Waals surface area contributed by atoms with Gasteiger partial charge in [-0.1, -0.05) is 24.3 Å². The van der Waals surface area contributed by atoms with E-state index in [2.05, 4.69) is 10.3 Å². The molecule has 0 bridgehead atoms. The Morgan fingerprint density at radius 3 is 2.80 bits per heavy atom. The van der Waals surface area contributed by atoms with Crippen molar-refractivity contribution in [2.75, 3.05) is 11.9 Å². The van der Waals surface area contributed by atoms with Crippen LogP contribution in [0.25, 0.3) is 0 Å². The smallest absolute Gasteiger partial charge is 0.264 e. The van der Waals surface area contributed by atoms with Crippen LogP contribution in [0.15, 0.2) is 54.7 Å². The first-order chi connectivity index (χ1) is 12.1. The molecule has 128 valence electrons. The molecule has 0 radical (unpaired) electrons. The maximum Gasteiger partial charge on any atom is 0.264 e. The van der Waals surface area contributed by atoms with E-state index in [4.69, 9.17) is 4.74 Å². The standard InChI is InChI=1S/C19H17FN2O2S/c1-13-3-2-4-16(9-13)24-12-18(23)22-19-21-11-17(25-19)10-14-5-7-15(20)8-6-14/h2-9,11H,10,12H2,1H3,(H,21,22,23). The molecule has 3 rings (SSSR count). The van der Waals surface area contributed by atoms with Gasteiger partial charge in [0.25, 0.3) is 5.91 Å². The van der Waals surface area contributed by atoms with Crippen molar-refractivity contribution in [3.63, 3.8) is 0 Å². The third-order valence-electron chi connectivity index (χ3n) is 3.45. The largest absolute Gasteiger partial charge is 0.484 e. The number of aromatic nitrogens is 1. The predicted molar refractivity (Wildman–Crippen MR) is 96.6 cm³/mol. The summed E-state index contributed by atoms with van der Waals surface area (Å²) in [5.74, 6) is 0.144. The molecule has 0 fully saturated rings. The molecule has 0 aliphatic rings. The summed E-state index contributed by atoms with van der Waals surface area (Å²) in [7, 11) is 0. The summed E-state index contributed by atoms with van der Waals surface area (Å²) in [6.07, 6.45) is 2.36. The molecule has 0 aliphatic heterocycles. The van der Waals surface area contributed by atoms with E-state index in [1.165, 1.54) is 23.5 Å². The van der Waals surface area contributed by atoms with Crippen LogP contribution in [-0.4, -0.2) is 17.5 Å². The van der Waals surface area contributed by atoms with Crippen LogP contribution in [0.5, 0.6) is 5.75 Å². The number of amides is 1. The van der Waals surface area contributed by atoms with Crippen molar-refractivity contribution in [3.8, 4) is 5.75 Å². The molecule has 25 heavy (non-hydrogen) atoms. The van der Waals surface area contributed by atoms with Crippen LogP contribution in [0.3, 0.4) is 0 Å². The molecule has 1 aromatic heterocycles. The normalized spacial score (nSPS) is 10.5. The SMILES string of the molecule is Cc1cccc(OCC(=O)Nc2ncc(Cc3ccc(F)cc3)s2)c1. The van der Waals surface area contributed by atoms with E-state index < -0.39 is 0 Å². The van der Waals surface area contributed by atoms with E-state index in [9.17, 15) is 9.18 Å². The van der Waals surface area contributed by atoms with E-state index in [1.54, 1.807) is 18.3 Å². The molecule has 0 atom stereocenters. The number of ether oxygens (including phenoxy) is 1. The van der Waals surface area contributed by atoms with Gasteiger partial charge in [-0.15, -0.1) is 11.3 Å². The Bertz CT molecular complexity index is 862. The highest BCUT2D eigenvalue weighted by molar-refractivity contribution is 7.15. The van der Waals surface area contributed by atoms with Crippen molar-refractivity contribution in [3.05, 3.63) is 76.5 Å². The lowest BCUT2D eigenvalue weighted by Gasteiger charge is -2.06. The number of benzene rings is 2. The van der Waals surface area contributed by atoms with E-state index in [0.29, 0.717) is 17.3 Å². The maximum atomic E-state index is 12.9. The van der Waals surface area contributed by atoms with E-state index in [-0.39, 0.29) is 18.3 Å². The fraction of sp³-hybridized carbons (Fsp3) is 0.158. The molecule has 2 aromatic carbocycles. The summed E-state index contributed by atoms with van der Waals surface area (Å²) >= 11 is 1.39. The van der Waals surface area contributed by atoms with Crippen LogP contribution in [0.2, 0.25) is 0 Å². The molecule has 0 unspecified atom stereocenters. The van der Waals surface area contributed by atoms with Crippen LogP contribution >= 0.6 is 11.3 Å². The molecule has 1 heterocycles. The van der Waals surface area contributed by atoms with Gasteiger partial charge in [0.1, 0.15) is 11.6 Å². The summed E-state index contributed by atoms with van der Waals surface area (Å²) in [6, 6.07) is 13.9. The van der Waals surface area contributed by atoms with Crippen LogP contribution in [0.4, 0.5) is 9.52 Å². The summed E-state index contributed by atoms with van der Waals surface area (Å²) in [4.78, 5) is 17.1. The molecule has 0 aliphatic carbocycles. The van der Waals surface area contributed by atoms with Gasteiger partial charge in [-0.2, -0.15) is 0 Å². The number of halogens is 1. The second-order valence-corrected chi connectivity index (χ2v) is 6.70. The zero-order chi connectivity index (χ0) is 17.6. The number of thiazole rings is 1. The number of carbonyl (C=O) groups excluding carboxylic acids is 1. The minimum absolute atomic E-state index is 0.0731. The van der Waals surface area contributed by atoms with Gasteiger partial charge in [-0.05, 0) is 42.3 Å². The van der Waals surface area contributed by atoms with Gasteiger partial charge in [0.15, 0.2) is 11.7 Å². The van der Waals surface area contributed by atoms with Crippen LogP contribution in [0, 0.1) is 12.7 Å². The quantitative estimate of drug-likeness (QED) is 0.720. The van der Waals surface area contributed by atoms with E-state index >= 15 is 0 Å². The third-order valence-corrected chi connectivity index (χ3v) is 4.36. The Morgan fingerprint density at radius 2 is 2.04 bits per heavy atom. The van der Waals surface area contributed by atoms with Gasteiger partial charge < -0.3 is 4.74 Å². The highest BCUT2D eigenvalue weighted by atomic mass is 32.1. The number of nitrogens with one attached hydrogen (secondary N) is 1. The summed E-state index contributed by atoms with van der Waals surface area (Å²) < 4.78 is 18.4. The number of carbonyl (C=O) groups is 1. The van der Waals surface area contributed by atoms with Crippen molar-refractivity contribution >= 4 is 22.4 Å². The lowest BCUT2D eigenvalue weighted by atomic mass is 10.1. The number of aryl methyl sites for hydroxylation is 1. The van der Waals surface area contributed by atoms with Gasteiger partial charge in [-0.3, -0.25) is 10.1 Å². The van der Waals surface area contributed by atoms with Gasteiger partial charge >= 0.3 is 0 Å². The fourth-order valence-electron chi connectivity index (χ4n) is 2.26. The molecular weight excluding hydrogens is 339 g/mol. The first-order valence-corrected chi connectivity index (χ1v) is 8.58. The monoisotopic (exact) mass is 356 g/mol. The second-order valence-electron chi connectivity index (χ2n) is 5.59. The molecule has 4 nitrogen and oxygen atoms in total. The Morgan fingerprint density at radius 1 is 1.24 bits per heavy atom. The Hall–Kier alpha value is -2.73. The number of nitrogens with zero attached hydrogens (tertiary/aromatic N) is 1. The van der Waals surface area contributed by atoms with Crippen molar-refractivity contribution in [1.29, 1.82) is 0 Å². The molecular formula is C19H17FN2O2S. The molecule has 0 saturated heterocycles. The minimum atomic E-state index is -0.260. The highest BCUT2D eigenvalue weighted by Crippen LogP contribution is 2.21. The highest BCUT2D eigenvalue weighted by Gasteiger charge is 2.08. The van der Waals surface area contributed by atoms with Gasteiger partial charge in [0.2, 0.25) is 0 Å². The summed E-state index contributed by atoms with van der Waals surface area (Å²) in [5, 5.41) is 3.25. The molecule has 6 heteroatoms. The average Bonchev–Trinajstić information content (AvgIpc) is 3.02. The van der Waals surface area contributed by atoms with Crippen molar-refractivity contribution < 1.29 is 13.9 Å². The van der Waals surface area contributed by atoms with Crippen LogP contribution in [0.1, 0.15) is 16.0 Å². The lowest BCUT2D eigenvalue weighted by molar-refractivity contribution is -0.118. The topological polar surface area (TPSA) is 51.2 Å². The Labute approximate surface area is 149 Å². The maximum absolute atomic E-state index is 12.9. The minimum Gasteiger partial charge on any atom is -0.484 e. The first-order valence-electron chi connectivity index (χ1n) is 7.77. The summed E-state index contributed by atoms with van der Waals surface area (Å²) in [6.45, 7) is 1.89. The Balaban J connectivity index is 1.52. The lowest BCUT2D eigenvalue weighted by Crippen LogP contribution is -2.19. The van der Waals surface area contributed by atoms with Crippen molar-refractivity contribution in [1.82, 2.24) is 4.98 Å². The fourth-order valence-corrected chi connectivity index (χ4v) is 3.12. The van der Waals surface area contributed by atoms with Gasteiger partial charge in [0.05, 0.1) is 0 Å². The third kappa shape index (κ3) is 5.12. The van der Waals surface area contributed by atoms with Crippen LogP contribution in [-0.2, 0) is 11.2 Å². The van der Waals surface area contributed by atoms with Crippen molar-refractivity contribution in [2.24, 2.45) is 0 Å². The average molecular weight is 356 g/mol. The van der Waals surface area contributed by atoms with Crippen LogP contribution < -0.4 is 10.1 Å². The number of hydrogen-bond donors (Lipinski definition) is 1. The van der Waals surface area contributed by atoms with Gasteiger partial charge in [0, 0.05) is 17.5 Å². The zero-order valence-corrected chi connectivity index (χ0v) is 14.5. The molecule has 3 aromatic rings. The van der Waals surface area contributed by atoms with E-state index in [0.717, 1.165) is 16.0 Å². The second kappa shape index (κ2) is 7.90. The molecule has 0 saturated carbocycles. The number of hydrogen-bond acceptors (Lipinski definition) is 4.